The van der Waals surface area contributed by atoms with Crippen LogP contribution in [0.4, 0.5) is 0 Å². The highest BCUT2D eigenvalue weighted by Gasteiger charge is 2.05. The average molecular weight is 502 g/mol. The number of nitrogens with zero attached hydrogens (tertiary/aromatic N) is 2. The Morgan fingerprint density at radius 1 is 1.26 bits per heavy atom. The molecule has 0 radical (unpaired) electrons. The molecule has 1 aromatic heterocycles. The van der Waals surface area contributed by atoms with Crippen molar-refractivity contribution < 1.29 is 4.74 Å². The van der Waals surface area contributed by atoms with Crippen molar-refractivity contribution in [3.63, 3.8) is 0 Å². The van der Waals surface area contributed by atoms with Gasteiger partial charge in [-0.05, 0) is 44.4 Å². The summed E-state index contributed by atoms with van der Waals surface area (Å²) in [5, 5.41) is 7.72. The summed E-state index contributed by atoms with van der Waals surface area (Å²) in [4.78, 5) is 10.5. The maximum Gasteiger partial charge on any atom is 0.191 e. The largest absolute Gasteiger partial charge is 0.493 e. The Morgan fingerprint density at radius 2 is 2.04 bits per heavy atom. The fourth-order valence-corrected chi connectivity index (χ4v) is 3.16. The Labute approximate surface area is 184 Å². The van der Waals surface area contributed by atoms with Crippen LogP contribution in [0, 0.1) is 19.8 Å². The van der Waals surface area contributed by atoms with E-state index in [2.05, 4.69) is 60.4 Å². The van der Waals surface area contributed by atoms with Gasteiger partial charge >= 0.3 is 0 Å². The van der Waals surface area contributed by atoms with Gasteiger partial charge in [-0.2, -0.15) is 0 Å². The molecule has 7 heteroatoms. The van der Waals surface area contributed by atoms with Crippen LogP contribution < -0.4 is 15.4 Å². The molecule has 150 valence electrons. The molecule has 0 spiro atoms. The van der Waals surface area contributed by atoms with Gasteiger partial charge in [0.15, 0.2) is 5.96 Å². The van der Waals surface area contributed by atoms with E-state index >= 15 is 0 Å². The highest BCUT2D eigenvalue weighted by Crippen LogP contribution is 2.16. The summed E-state index contributed by atoms with van der Waals surface area (Å²) >= 11 is 1.73. The first kappa shape index (κ1) is 23.7. The summed E-state index contributed by atoms with van der Waals surface area (Å²) in [5.74, 6) is 2.21. The molecule has 0 bridgehead atoms. The lowest BCUT2D eigenvalue weighted by atomic mass is 10.2. The van der Waals surface area contributed by atoms with Crippen LogP contribution in [0.3, 0.4) is 0 Å². The second-order valence-electron chi connectivity index (χ2n) is 6.65. The number of rotatable bonds is 8. The van der Waals surface area contributed by atoms with Gasteiger partial charge in [0.05, 0.1) is 25.4 Å². The topological polar surface area (TPSA) is 58.5 Å². The first-order valence-corrected chi connectivity index (χ1v) is 9.96. The van der Waals surface area contributed by atoms with Crippen molar-refractivity contribution in [3.8, 4) is 5.75 Å². The summed E-state index contributed by atoms with van der Waals surface area (Å²) in [6.07, 6.45) is 0. The molecule has 0 aliphatic carbocycles. The predicted molar refractivity (Wildman–Crippen MR) is 125 cm³/mol. The van der Waals surface area contributed by atoms with E-state index in [4.69, 9.17) is 4.74 Å². The van der Waals surface area contributed by atoms with Crippen LogP contribution in [0.15, 0.2) is 29.3 Å². The standard InChI is InChI=1S/C20H30N4OS.HI/c1-6-21-20(23-12-19-24-15(4)16(5)26-19)22-11-17-8-7-9-18(10-17)25-13-14(2)3;/h7-10,14H,6,11-13H2,1-5H3,(H2,21,22,23);1H. The average Bonchev–Trinajstić information content (AvgIpc) is 2.94. The van der Waals surface area contributed by atoms with Crippen LogP contribution in [-0.4, -0.2) is 24.1 Å². The Balaban J connectivity index is 0.00000364. The summed E-state index contributed by atoms with van der Waals surface area (Å²) < 4.78 is 5.79. The number of guanidine groups is 1. The Hall–Kier alpha value is -1.35. The SMILES string of the molecule is CCNC(=NCc1cccc(OCC(C)C)c1)NCc1nc(C)c(C)s1.I. The number of benzene rings is 1. The van der Waals surface area contributed by atoms with Crippen LogP contribution >= 0.6 is 35.3 Å². The van der Waals surface area contributed by atoms with Gasteiger partial charge < -0.3 is 15.4 Å². The van der Waals surface area contributed by atoms with Crippen LogP contribution in [0.1, 0.15) is 41.9 Å². The molecule has 0 fully saturated rings. The van der Waals surface area contributed by atoms with Crippen LogP contribution in [0.5, 0.6) is 5.75 Å². The molecular weight excluding hydrogens is 471 g/mol. The fraction of sp³-hybridized carbons (Fsp3) is 0.500. The zero-order chi connectivity index (χ0) is 18.9. The fourth-order valence-electron chi connectivity index (χ4n) is 2.28. The van der Waals surface area contributed by atoms with E-state index in [0.717, 1.165) is 41.1 Å². The van der Waals surface area contributed by atoms with Crippen molar-refractivity contribution in [1.82, 2.24) is 15.6 Å². The van der Waals surface area contributed by atoms with E-state index in [9.17, 15) is 0 Å². The van der Waals surface area contributed by atoms with Crippen LogP contribution in [0.2, 0.25) is 0 Å². The molecule has 27 heavy (non-hydrogen) atoms. The Morgan fingerprint density at radius 3 is 2.67 bits per heavy atom. The van der Waals surface area contributed by atoms with Gasteiger partial charge in [-0.25, -0.2) is 9.98 Å². The van der Waals surface area contributed by atoms with Crippen molar-refractivity contribution in [2.24, 2.45) is 10.9 Å². The van der Waals surface area contributed by atoms with Gasteiger partial charge in [-0.3, -0.25) is 0 Å². The molecule has 5 nitrogen and oxygen atoms in total. The molecule has 0 saturated carbocycles. The molecule has 2 N–H and O–H groups in total. The molecule has 2 rings (SSSR count). The predicted octanol–water partition coefficient (Wildman–Crippen LogP) is 4.67. The molecule has 0 amide bonds. The van der Waals surface area contributed by atoms with E-state index in [-0.39, 0.29) is 24.0 Å². The molecule has 0 aliphatic rings. The molecule has 0 atom stereocenters. The second kappa shape index (κ2) is 12.2. The first-order chi connectivity index (χ1) is 12.5. The van der Waals surface area contributed by atoms with E-state index in [0.29, 0.717) is 19.0 Å². The minimum Gasteiger partial charge on any atom is -0.493 e. The second-order valence-corrected chi connectivity index (χ2v) is 7.94. The molecule has 1 aromatic carbocycles. The van der Waals surface area contributed by atoms with Crippen molar-refractivity contribution in [1.29, 1.82) is 0 Å². The van der Waals surface area contributed by atoms with Crippen LogP contribution in [-0.2, 0) is 13.1 Å². The lowest BCUT2D eigenvalue weighted by molar-refractivity contribution is 0.271. The third kappa shape index (κ3) is 8.47. The summed E-state index contributed by atoms with van der Waals surface area (Å²) in [6.45, 7) is 13.3. The zero-order valence-corrected chi connectivity index (χ0v) is 20.0. The Bertz CT molecular complexity index is 711. The number of aromatic nitrogens is 1. The lowest BCUT2D eigenvalue weighted by Gasteiger charge is -2.11. The highest BCUT2D eigenvalue weighted by molar-refractivity contribution is 14.0. The smallest absolute Gasteiger partial charge is 0.191 e. The molecule has 2 aromatic rings. The quantitative estimate of drug-likeness (QED) is 0.313. The monoisotopic (exact) mass is 502 g/mol. The van der Waals surface area contributed by atoms with Crippen molar-refractivity contribution >= 4 is 41.3 Å². The number of aliphatic imine (C=N–C) groups is 1. The lowest BCUT2D eigenvalue weighted by Crippen LogP contribution is -2.36. The van der Waals surface area contributed by atoms with E-state index in [1.807, 2.05) is 19.1 Å². The number of hydrogen-bond acceptors (Lipinski definition) is 4. The van der Waals surface area contributed by atoms with Gasteiger partial charge in [0.25, 0.3) is 0 Å². The number of thiazole rings is 1. The van der Waals surface area contributed by atoms with Crippen molar-refractivity contribution in [3.05, 3.63) is 45.4 Å². The number of halogens is 1. The minimum atomic E-state index is 0. The highest BCUT2D eigenvalue weighted by atomic mass is 127. The Kier molecular flexibility index (Phi) is 10.7. The van der Waals surface area contributed by atoms with Gasteiger partial charge in [-0.1, -0.05) is 26.0 Å². The molecule has 1 heterocycles. The summed E-state index contributed by atoms with van der Waals surface area (Å²) in [7, 11) is 0. The molecule has 0 aliphatic heterocycles. The molecule has 0 saturated heterocycles. The van der Waals surface area contributed by atoms with Gasteiger partial charge in [-0.15, -0.1) is 35.3 Å². The third-order valence-electron chi connectivity index (χ3n) is 3.73. The third-order valence-corrected chi connectivity index (χ3v) is 4.80. The summed E-state index contributed by atoms with van der Waals surface area (Å²) in [6, 6.07) is 8.14. The number of aryl methyl sites for hydroxylation is 2. The number of nitrogens with one attached hydrogen (secondary N) is 2. The van der Waals surface area contributed by atoms with E-state index < -0.39 is 0 Å². The van der Waals surface area contributed by atoms with Gasteiger partial charge in [0.2, 0.25) is 0 Å². The zero-order valence-electron chi connectivity index (χ0n) is 16.8. The van der Waals surface area contributed by atoms with E-state index in [1.165, 1.54) is 4.88 Å². The van der Waals surface area contributed by atoms with Crippen LogP contribution in [0.25, 0.3) is 0 Å². The van der Waals surface area contributed by atoms with Gasteiger partial charge in [0.1, 0.15) is 10.8 Å². The first-order valence-electron chi connectivity index (χ1n) is 9.14. The number of ether oxygens (including phenoxy) is 1. The molecule has 0 unspecified atom stereocenters. The van der Waals surface area contributed by atoms with Crippen molar-refractivity contribution in [2.45, 2.75) is 47.7 Å². The molecular formula is C20H31IN4OS. The maximum absolute atomic E-state index is 5.79. The van der Waals surface area contributed by atoms with Gasteiger partial charge in [0, 0.05) is 11.4 Å². The summed E-state index contributed by atoms with van der Waals surface area (Å²) in [5.41, 5.74) is 2.23. The minimum absolute atomic E-state index is 0. The maximum atomic E-state index is 5.79. The normalized spacial score (nSPS) is 11.3. The number of hydrogen-bond donors (Lipinski definition) is 2. The van der Waals surface area contributed by atoms with Crippen molar-refractivity contribution in [2.75, 3.05) is 13.2 Å². The van der Waals surface area contributed by atoms with E-state index in [1.54, 1.807) is 11.3 Å².